The second kappa shape index (κ2) is 7.04. The van der Waals surface area contributed by atoms with Crippen LogP contribution in [0.5, 0.6) is 0 Å². The monoisotopic (exact) mass is 396 g/mol. The van der Waals surface area contributed by atoms with E-state index in [4.69, 9.17) is 10.4 Å². The molecule has 0 radical (unpaired) electrons. The highest BCUT2D eigenvalue weighted by molar-refractivity contribution is 7.19. The third-order valence-corrected chi connectivity index (χ3v) is 5.94. The normalized spacial score (nSPS) is 13.0. The number of fused-ring (bicyclic) bond motifs is 3. The summed E-state index contributed by atoms with van der Waals surface area (Å²) in [6.07, 6.45) is 6.88. The Morgan fingerprint density at radius 2 is 2.32 bits per heavy atom. The number of aryl methyl sites for hydroxylation is 1. The molecule has 10 heteroatoms. The zero-order valence-electron chi connectivity index (χ0n) is 15.7. The molecule has 4 rings (SSSR count). The van der Waals surface area contributed by atoms with Crippen molar-refractivity contribution in [1.82, 2.24) is 34.8 Å². The van der Waals surface area contributed by atoms with Gasteiger partial charge in [-0.2, -0.15) is 10.2 Å². The third kappa shape index (κ3) is 2.91. The van der Waals surface area contributed by atoms with E-state index in [1.54, 1.807) is 31.7 Å². The Kier molecular flexibility index (Phi) is 4.55. The third-order valence-electron chi connectivity index (χ3n) is 4.68. The van der Waals surface area contributed by atoms with Crippen molar-refractivity contribution < 1.29 is 0 Å². The number of aromatic nitrogens is 6. The summed E-state index contributed by atoms with van der Waals surface area (Å²) >= 11 is 1.50. The summed E-state index contributed by atoms with van der Waals surface area (Å²) in [4.78, 5) is 17.7. The molecular formula is C18H20N8OS. The highest BCUT2D eigenvalue weighted by atomic mass is 32.1. The van der Waals surface area contributed by atoms with Crippen molar-refractivity contribution >= 4 is 38.3 Å². The molecule has 3 N–H and O–H groups in total. The summed E-state index contributed by atoms with van der Waals surface area (Å²) in [5.74, 6) is -0.134. The summed E-state index contributed by atoms with van der Waals surface area (Å²) in [6, 6.07) is 1.81. The minimum Gasteiger partial charge on any atom is -0.394 e. The molecule has 9 nitrogen and oxygen atoms in total. The van der Waals surface area contributed by atoms with E-state index < -0.39 is 0 Å². The van der Waals surface area contributed by atoms with Gasteiger partial charge in [-0.25, -0.2) is 9.67 Å². The van der Waals surface area contributed by atoms with Crippen LogP contribution in [0.1, 0.15) is 23.5 Å². The van der Waals surface area contributed by atoms with Gasteiger partial charge in [0.1, 0.15) is 10.5 Å². The minimum absolute atomic E-state index is 0.134. The number of aromatic amines is 1. The summed E-state index contributed by atoms with van der Waals surface area (Å²) in [5.41, 5.74) is 2.35. The van der Waals surface area contributed by atoms with Crippen molar-refractivity contribution in [2.24, 2.45) is 7.05 Å². The second-order valence-electron chi connectivity index (χ2n) is 6.50. The number of allylic oxidation sites excluding steroid dienone is 1. The molecule has 0 aromatic carbocycles. The van der Waals surface area contributed by atoms with Crippen molar-refractivity contribution in [3.05, 3.63) is 51.8 Å². The van der Waals surface area contributed by atoms with E-state index in [-0.39, 0.29) is 11.5 Å². The first kappa shape index (κ1) is 18.1. The van der Waals surface area contributed by atoms with Crippen LogP contribution >= 0.6 is 11.3 Å². The number of rotatable bonds is 6. The molecule has 4 aromatic heterocycles. The second-order valence-corrected chi connectivity index (χ2v) is 7.53. The smallest absolute Gasteiger partial charge is 0.291 e. The van der Waals surface area contributed by atoms with E-state index in [0.29, 0.717) is 17.8 Å². The van der Waals surface area contributed by atoms with Crippen LogP contribution in [0.15, 0.2) is 35.5 Å². The van der Waals surface area contributed by atoms with Gasteiger partial charge >= 0.3 is 0 Å². The molecule has 0 fully saturated rings. The Morgan fingerprint density at radius 1 is 1.50 bits per heavy atom. The molecule has 1 atom stereocenters. The molecule has 0 saturated heterocycles. The van der Waals surface area contributed by atoms with Gasteiger partial charge in [-0.3, -0.25) is 9.89 Å². The molecule has 4 aromatic rings. The SMILES string of the molecule is CN/C=C\C(=N)C(C)c1nc2c(s1)c1cnn(Cc3cc[nH]n3)c(=O)c1n2C. The fraction of sp³-hybridized carbons (Fsp3) is 0.278. The number of nitrogens with zero attached hydrogens (tertiary/aromatic N) is 5. The Morgan fingerprint density at radius 3 is 3.04 bits per heavy atom. The average molecular weight is 396 g/mol. The largest absolute Gasteiger partial charge is 0.394 e. The molecule has 0 spiro atoms. The summed E-state index contributed by atoms with van der Waals surface area (Å²) in [5, 5.41) is 23.9. The Balaban J connectivity index is 1.78. The number of H-pyrrole nitrogens is 1. The van der Waals surface area contributed by atoms with Crippen LogP contribution in [-0.2, 0) is 13.6 Å². The predicted molar refractivity (Wildman–Crippen MR) is 110 cm³/mol. The fourth-order valence-corrected chi connectivity index (χ4v) is 4.26. The zero-order valence-corrected chi connectivity index (χ0v) is 16.5. The van der Waals surface area contributed by atoms with Crippen LogP contribution in [0.25, 0.3) is 21.3 Å². The first-order chi connectivity index (χ1) is 13.5. The maximum atomic E-state index is 13.0. The lowest BCUT2D eigenvalue weighted by atomic mass is 10.1. The molecule has 4 heterocycles. The fourth-order valence-electron chi connectivity index (χ4n) is 3.09. The molecular weight excluding hydrogens is 376 g/mol. The Hall–Kier alpha value is -3.27. The van der Waals surface area contributed by atoms with Crippen molar-refractivity contribution in [2.45, 2.75) is 19.4 Å². The van der Waals surface area contributed by atoms with Crippen molar-refractivity contribution in [2.75, 3.05) is 7.05 Å². The number of thiazole rings is 1. The lowest BCUT2D eigenvalue weighted by Crippen LogP contribution is -2.24. The molecule has 0 aliphatic rings. The standard InChI is InChI=1S/C18H20N8OS/c1-10(13(19)5-6-20-2)17-23-16-15(28-17)12-8-22-26(9-11-4-7-21-24-11)18(27)14(12)25(16)3/h4-8,10,19-20H,9H2,1-3H3,(H,21,24)/b6-5-,19-13?. The van der Waals surface area contributed by atoms with Crippen LogP contribution in [-0.4, -0.2) is 42.3 Å². The maximum Gasteiger partial charge on any atom is 0.291 e. The topological polar surface area (TPSA) is 117 Å². The molecule has 0 aliphatic carbocycles. The van der Waals surface area contributed by atoms with Crippen LogP contribution in [0, 0.1) is 5.41 Å². The zero-order chi connectivity index (χ0) is 19.8. The summed E-state index contributed by atoms with van der Waals surface area (Å²) < 4.78 is 4.14. The first-order valence-corrected chi connectivity index (χ1v) is 9.58. The molecule has 0 aliphatic heterocycles. The van der Waals surface area contributed by atoms with Crippen molar-refractivity contribution in [1.29, 1.82) is 5.41 Å². The lowest BCUT2D eigenvalue weighted by molar-refractivity contribution is 0.631. The quantitative estimate of drug-likeness (QED) is 0.431. The maximum absolute atomic E-state index is 13.0. The summed E-state index contributed by atoms with van der Waals surface area (Å²) in [6.45, 7) is 2.26. The Bertz CT molecular complexity index is 1240. The van der Waals surface area contributed by atoms with E-state index in [0.717, 1.165) is 26.4 Å². The van der Waals surface area contributed by atoms with Crippen LogP contribution in [0.3, 0.4) is 0 Å². The molecule has 0 amide bonds. The van der Waals surface area contributed by atoms with Gasteiger partial charge in [-0.05, 0) is 18.3 Å². The van der Waals surface area contributed by atoms with Crippen molar-refractivity contribution in [3.63, 3.8) is 0 Å². The number of nitrogens with one attached hydrogen (secondary N) is 3. The number of hydrogen-bond acceptors (Lipinski definition) is 7. The summed E-state index contributed by atoms with van der Waals surface area (Å²) in [7, 11) is 3.63. The van der Waals surface area contributed by atoms with Crippen LogP contribution < -0.4 is 10.9 Å². The van der Waals surface area contributed by atoms with Crippen LogP contribution in [0.4, 0.5) is 0 Å². The van der Waals surface area contributed by atoms with Crippen molar-refractivity contribution in [3.8, 4) is 0 Å². The van der Waals surface area contributed by atoms with Crippen LogP contribution in [0.2, 0.25) is 0 Å². The predicted octanol–water partition coefficient (Wildman–Crippen LogP) is 1.97. The molecule has 1 unspecified atom stereocenters. The van der Waals surface area contributed by atoms with E-state index in [1.165, 1.54) is 16.0 Å². The highest BCUT2D eigenvalue weighted by Crippen LogP contribution is 2.34. The van der Waals surface area contributed by atoms with E-state index >= 15 is 0 Å². The average Bonchev–Trinajstić information content (AvgIpc) is 3.40. The van der Waals surface area contributed by atoms with Gasteiger partial charge in [-0.1, -0.05) is 6.92 Å². The van der Waals surface area contributed by atoms with Gasteiger partial charge in [0.05, 0.1) is 23.1 Å². The number of hydrogen-bond donors (Lipinski definition) is 3. The van der Waals surface area contributed by atoms with E-state index in [9.17, 15) is 4.79 Å². The van der Waals surface area contributed by atoms with Gasteiger partial charge in [0.2, 0.25) is 0 Å². The van der Waals surface area contributed by atoms with E-state index in [2.05, 4.69) is 20.6 Å². The highest BCUT2D eigenvalue weighted by Gasteiger charge is 2.21. The lowest BCUT2D eigenvalue weighted by Gasteiger charge is -2.06. The van der Waals surface area contributed by atoms with Gasteiger partial charge in [0.15, 0.2) is 5.65 Å². The first-order valence-electron chi connectivity index (χ1n) is 8.77. The molecule has 0 bridgehead atoms. The van der Waals surface area contributed by atoms with Gasteiger partial charge in [0.25, 0.3) is 5.56 Å². The van der Waals surface area contributed by atoms with E-state index in [1.807, 2.05) is 24.6 Å². The molecule has 0 saturated carbocycles. The van der Waals surface area contributed by atoms with Gasteiger partial charge < -0.3 is 15.3 Å². The van der Waals surface area contributed by atoms with Gasteiger partial charge in [-0.15, -0.1) is 11.3 Å². The molecule has 144 valence electrons. The molecule has 28 heavy (non-hydrogen) atoms. The van der Waals surface area contributed by atoms with Gasteiger partial charge in [0, 0.05) is 37.3 Å². The minimum atomic E-state index is -0.174. The Labute approximate surface area is 164 Å².